The molecule has 2 N–H and O–H groups in total. The average molecular weight is 207 g/mol. The molecule has 2 heteroatoms. The van der Waals surface area contributed by atoms with E-state index in [1.165, 1.54) is 19.3 Å². The van der Waals surface area contributed by atoms with Crippen LogP contribution in [0.2, 0.25) is 0 Å². The summed E-state index contributed by atoms with van der Waals surface area (Å²) in [5.74, 6) is 0.381. The summed E-state index contributed by atoms with van der Waals surface area (Å²) in [6.45, 7) is 7.15. The van der Waals surface area contributed by atoms with Crippen LogP contribution in [-0.4, -0.2) is 11.7 Å². The van der Waals surface area contributed by atoms with E-state index in [2.05, 4.69) is 12.2 Å². The second kappa shape index (κ2) is 5.64. The molecule has 0 radical (unpaired) electrons. The van der Waals surface area contributed by atoms with Gasteiger partial charge in [-0.1, -0.05) is 19.8 Å². The van der Waals surface area contributed by atoms with E-state index in [1.54, 1.807) is 0 Å². The van der Waals surface area contributed by atoms with E-state index >= 15 is 0 Å². The minimum Gasteiger partial charge on any atom is -0.508 e. The van der Waals surface area contributed by atoms with E-state index in [9.17, 15) is 5.11 Å². The van der Waals surface area contributed by atoms with Crippen molar-refractivity contribution in [2.24, 2.45) is 0 Å². The summed E-state index contributed by atoms with van der Waals surface area (Å²) in [6.07, 6.45) is 3.72. The zero-order valence-corrected chi connectivity index (χ0v) is 9.93. The van der Waals surface area contributed by atoms with E-state index in [4.69, 9.17) is 0 Å². The number of aryl methyl sites for hydroxylation is 2. The Bertz CT molecular complexity index is 321. The molecule has 0 saturated carbocycles. The van der Waals surface area contributed by atoms with Crippen molar-refractivity contribution >= 4 is 5.69 Å². The molecule has 1 rings (SSSR count). The van der Waals surface area contributed by atoms with E-state index in [1.807, 2.05) is 26.0 Å². The molecule has 0 spiro atoms. The molecule has 0 bridgehead atoms. The zero-order valence-electron chi connectivity index (χ0n) is 9.93. The molecule has 0 amide bonds. The van der Waals surface area contributed by atoms with Crippen LogP contribution in [0.5, 0.6) is 5.75 Å². The van der Waals surface area contributed by atoms with Gasteiger partial charge in [-0.2, -0.15) is 0 Å². The number of aromatic hydroxyl groups is 1. The molecule has 1 aromatic rings. The number of unbranched alkanes of at least 4 members (excludes halogenated alkanes) is 2. The van der Waals surface area contributed by atoms with Crippen molar-refractivity contribution in [1.82, 2.24) is 0 Å². The number of hydrogen-bond acceptors (Lipinski definition) is 2. The first-order valence-electron chi connectivity index (χ1n) is 5.69. The van der Waals surface area contributed by atoms with Crippen molar-refractivity contribution in [3.8, 4) is 5.75 Å². The van der Waals surface area contributed by atoms with Gasteiger partial charge in [-0.3, -0.25) is 0 Å². The van der Waals surface area contributed by atoms with Crippen LogP contribution in [0.3, 0.4) is 0 Å². The molecule has 0 aliphatic rings. The normalized spacial score (nSPS) is 10.3. The maximum Gasteiger partial charge on any atom is 0.118 e. The first kappa shape index (κ1) is 11.9. The summed E-state index contributed by atoms with van der Waals surface area (Å²) in [5.41, 5.74) is 3.18. The Hall–Kier alpha value is -1.18. The van der Waals surface area contributed by atoms with Gasteiger partial charge in [0, 0.05) is 12.2 Å². The summed E-state index contributed by atoms with van der Waals surface area (Å²) in [5, 5.41) is 12.9. The van der Waals surface area contributed by atoms with Crippen LogP contribution in [0.25, 0.3) is 0 Å². The highest BCUT2D eigenvalue weighted by atomic mass is 16.3. The molecule has 0 heterocycles. The summed E-state index contributed by atoms with van der Waals surface area (Å²) >= 11 is 0. The van der Waals surface area contributed by atoms with Crippen LogP contribution < -0.4 is 5.32 Å². The predicted octanol–water partition coefficient (Wildman–Crippen LogP) is 3.61. The van der Waals surface area contributed by atoms with Gasteiger partial charge in [0.05, 0.1) is 0 Å². The topological polar surface area (TPSA) is 32.3 Å². The van der Waals surface area contributed by atoms with Gasteiger partial charge in [0.1, 0.15) is 5.75 Å². The molecular formula is C13H21NO. The zero-order chi connectivity index (χ0) is 11.3. The standard InChI is InChI=1S/C13H21NO/c1-4-5-6-7-14-12-8-11(3)13(15)9-10(12)2/h8-9,14-15H,4-7H2,1-3H3. The lowest BCUT2D eigenvalue weighted by Crippen LogP contribution is -2.03. The molecule has 84 valence electrons. The highest BCUT2D eigenvalue weighted by molar-refractivity contribution is 5.56. The van der Waals surface area contributed by atoms with Crippen molar-refractivity contribution < 1.29 is 5.11 Å². The van der Waals surface area contributed by atoms with Crippen LogP contribution >= 0.6 is 0 Å². The van der Waals surface area contributed by atoms with Gasteiger partial charge < -0.3 is 10.4 Å². The number of phenols is 1. The molecule has 0 saturated heterocycles. The van der Waals surface area contributed by atoms with E-state index < -0.39 is 0 Å². The Labute approximate surface area is 92.3 Å². The summed E-state index contributed by atoms with van der Waals surface area (Å²) < 4.78 is 0. The summed E-state index contributed by atoms with van der Waals surface area (Å²) in [4.78, 5) is 0. The molecule has 1 aromatic carbocycles. The first-order valence-corrected chi connectivity index (χ1v) is 5.69. The molecule has 0 aromatic heterocycles. The predicted molar refractivity (Wildman–Crippen MR) is 65.6 cm³/mol. The summed E-state index contributed by atoms with van der Waals surface area (Å²) in [6, 6.07) is 3.83. The number of nitrogens with one attached hydrogen (secondary N) is 1. The lowest BCUT2D eigenvalue weighted by molar-refractivity contribution is 0.471. The van der Waals surface area contributed by atoms with Gasteiger partial charge in [0.2, 0.25) is 0 Å². The Morgan fingerprint density at radius 2 is 1.87 bits per heavy atom. The number of benzene rings is 1. The third kappa shape index (κ3) is 3.46. The average Bonchev–Trinajstić information content (AvgIpc) is 2.20. The SMILES string of the molecule is CCCCCNc1cc(C)c(O)cc1C. The van der Waals surface area contributed by atoms with Crippen molar-refractivity contribution in [2.75, 3.05) is 11.9 Å². The van der Waals surface area contributed by atoms with Gasteiger partial charge in [0.15, 0.2) is 0 Å². The van der Waals surface area contributed by atoms with Crippen molar-refractivity contribution in [3.63, 3.8) is 0 Å². The smallest absolute Gasteiger partial charge is 0.118 e. The number of anilines is 1. The van der Waals surface area contributed by atoms with Crippen LogP contribution in [-0.2, 0) is 0 Å². The lowest BCUT2D eigenvalue weighted by Gasteiger charge is -2.11. The Morgan fingerprint density at radius 3 is 2.53 bits per heavy atom. The maximum atomic E-state index is 9.51. The number of phenolic OH excluding ortho intramolecular Hbond substituents is 1. The minimum absolute atomic E-state index is 0.381. The Kier molecular flexibility index (Phi) is 4.47. The van der Waals surface area contributed by atoms with Crippen molar-refractivity contribution in [2.45, 2.75) is 40.0 Å². The van der Waals surface area contributed by atoms with Crippen LogP contribution in [0.1, 0.15) is 37.3 Å². The largest absolute Gasteiger partial charge is 0.508 e. The molecule has 0 aliphatic carbocycles. The van der Waals surface area contributed by atoms with Crippen molar-refractivity contribution in [3.05, 3.63) is 23.3 Å². The molecule has 0 unspecified atom stereocenters. The fourth-order valence-electron chi connectivity index (χ4n) is 1.59. The van der Waals surface area contributed by atoms with Crippen LogP contribution in [0, 0.1) is 13.8 Å². The van der Waals surface area contributed by atoms with Crippen molar-refractivity contribution in [1.29, 1.82) is 0 Å². The maximum absolute atomic E-state index is 9.51. The van der Waals surface area contributed by atoms with E-state index in [0.29, 0.717) is 5.75 Å². The van der Waals surface area contributed by atoms with Crippen LogP contribution in [0.15, 0.2) is 12.1 Å². The van der Waals surface area contributed by atoms with Crippen LogP contribution in [0.4, 0.5) is 5.69 Å². The Morgan fingerprint density at radius 1 is 1.13 bits per heavy atom. The monoisotopic (exact) mass is 207 g/mol. The molecule has 0 atom stereocenters. The summed E-state index contributed by atoms with van der Waals surface area (Å²) in [7, 11) is 0. The van der Waals surface area contributed by atoms with Gasteiger partial charge in [-0.25, -0.2) is 0 Å². The molecule has 0 aliphatic heterocycles. The van der Waals surface area contributed by atoms with Gasteiger partial charge in [-0.05, 0) is 43.5 Å². The second-order valence-electron chi connectivity index (χ2n) is 4.09. The number of rotatable bonds is 5. The fraction of sp³-hybridized carbons (Fsp3) is 0.538. The third-order valence-electron chi connectivity index (χ3n) is 2.64. The van der Waals surface area contributed by atoms with Gasteiger partial charge in [0.25, 0.3) is 0 Å². The van der Waals surface area contributed by atoms with E-state index in [-0.39, 0.29) is 0 Å². The molecule has 15 heavy (non-hydrogen) atoms. The highest BCUT2D eigenvalue weighted by Crippen LogP contribution is 2.24. The number of hydrogen-bond donors (Lipinski definition) is 2. The third-order valence-corrected chi connectivity index (χ3v) is 2.64. The molecule has 2 nitrogen and oxygen atoms in total. The lowest BCUT2D eigenvalue weighted by atomic mass is 10.1. The second-order valence-corrected chi connectivity index (χ2v) is 4.09. The first-order chi connectivity index (χ1) is 7.15. The molecular weight excluding hydrogens is 186 g/mol. The quantitative estimate of drug-likeness (QED) is 0.571. The van der Waals surface area contributed by atoms with Gasteiger partial charge in [-0.15, -0.1) is 0 Å². The van der Waals surface area contributed by atoms with Gasteiger partial charge >= 0.3 is 0 Å². The fourth-order valence-corrected chi connectivity index (χ4v) is 1.59. The highest BCUT2D eigenvalue weighted by Gasteiger charge is 2.02. The Balaban J connectivity index is 2.57. The minimum atomic E-state index is 0.381. The molecule has 0 fully saturated rings. The van der Waals surface area contributed by atoms with E-state index in [0.717, 1.165) is 23.4 Å².